The van der Waals surface area contributed by atoms with Crippen molar-refractivity contribution in [1.29, 1.82) is 0 Å². The summed E-state index contributed by atoms with van der Waals surface area (Å²) in [6.07, 6.45) is -0.114. The minimum atomic E-state index is -0.947. The molecule has 0 saturated carbocycles. The Balaban J connectivity index is 2.96. The Bertz CT molecular complexity index is 523. The Morgan fingerprint density at radius 1 is 1.24 bits per heavy atom. The number of phenols is 1. The fraction of sp³-hybridized carbons (Fsp3) is 0.467. The van der Waals surface area contributed by atoms with E-state index >= 15 is 0 Å². The number of carboxylic acids is 1. The topological polar surface area (TPSA) is 81.1 Å². The van der Waals surface area contributed by atoms with Crippen LogP contribution in [0.25, 0.3) is 0 Å². The molecule has 0 aliphatic carbocycles. The third-order valence-corrected chi connectivity index (χ3v) is 3.09. The average Bonchev–Trinajstić information content (AvgIpc) is 2.35. The van der Waals surface area contributed by atoms with E-state index < -0.39 is 11.5 Å². The van der Waals surface area contributed by atoms with E-state index in [1.54, 1.807) is 19.2 Å². The van der Waals surface area contributed by atoms with E-state index in [0.717, 1.165) is 0 Å². The Hall–Kier alpha value is -2.24. The second-order valence-corrected chi connectivity index (χ2v) is 5.83. The van der Waals surface area contributed by atoms with Crippen molar-refractivity contribution in [3.8, 4) is 5.75 Å². The first kappa shape index (κ1) is 16.8. The van der Waals surface area contributed by atoms with Gasteiger partial charge in [-0.2, -0.15) is 0 Å². The van der Waals surface area contributed by atoms with Crippen LogP contribution in [0.15, 0.2) is 24.3 Å². The number of amides is 2. The van der Waals surface area contributed by atoms with Crippen molar-refractivity contribution in [1.82, 2.24) is 4.90 Å². The van der Waals surface area contributed by atoms with Crippen molar-refractivity contribution < 1.29 is 19.8 Å². The maximum absolute atomic E-state index is 12.6. The lowest BCUT2D eigenvalue weighted by molar-refractivity contribution is -0.137. The molecule has 2 N–H and O–H groups in total. The summed E-state index contributed by atoms with van der Waals surface area (Å²) in [5.74, 6) is -0.878. The molecule has 0 aliphatic heterocycles. The summed E-state index contributed by atoms with van der Waals surface area (Å²) in [6, 6.07) is 6.04. The van der Waals surface area contributed by atoms with Crippen LogP contribution in [0.3, 0.4) is 0 Å². The summed E-state index contributed by atoms with van der Waals surface area (Å²) < 4.78 is 0. The summed E-state index contributed by atoms with van der Waals surface area (Å²) in [4.78, 5) is 26.2. The first-order valence-corrected chi connectivity index (χ1v) is 6.69. The van der Waals surface area contributed by atoms with Crippen LogP contribution >= 0.6 is 0 Å². The van der Waals surface area contributed by atoms with Gasteiger partial charge in [0.15, 0.2) is 0 Å². The Morgan fingerprint density at radius 3 is 2.33 bits per heavy atom. The number of aliphatic carboxylic acids is 1. The van der Waals surface area contributed by atoms with Gasteiger partial charge in [0.2, 0.25) is 0 Å². The van der Waals surface area contributed by atoms with Gasteiger partial charge in [-0.05, 0) is 32.9 Å². The predicted molar refractivity (Wildman–Crippen MR) is 80.6 cm³/mol. The van der Waals surface area contributed by atoms with Crippen LogP contribution in [0, 0.1) is 0 Å². The molecule has 21 heavy (non-hydrogen) atoms. The van der Waals surface area contributed by atoms with Crippen LogP contribution in [0.1, 0.15) is 27.2 Å². The van der Waals surface area contributed by atoms with E-state index in [0.29, 0.717) is 5.69 Å². The Labute approximate surface area is 124 Å². The molecule has 0 fully saturated rings. The molecule has 6 heteroatoms. The smallest absolute Gasteiger partial charge is 0.324 e. The zero-order valence-corrected chi connectivity index (χ0v) is 12.8. The first-order chi connectivity index (χ1) is 9.62. The van der Waals surface area contributed by atoms with E-state index in [-0.39, 0.29) is 24.7 Å². The van der Waals surface area contributed by atoms with Crippen molar-refractivity contribution in [2.75, 3.05) is 18.5 Å². The molecule has 0 bridgehead atoms. The van der Waals surface area contributed by atoms with Crippen LogP contribution in [0.2, 0.25) is 0 Å². The highest BCUT2D eigenvalue weighted by Gasteiger charge is 2.29. The standard InChI is InChI=1S/C15H22N2O4/c1-15(2,3)17(9-8-13(19)20)14(21)16(4)11-6-5-7-12(18)10-11/h5-7,10,18H,8-9H2,1-4H3,(H,19,20). The van der Waals surface area contributed by atoms with E-state index in [1.807, 2.05) is 20.8 Å². The molecule has 0 spiro atoms. The van der Waals surface area contributed by atoms with E-state index in [2.05, 4.69) is 0 Å². The fourth-order valence-corrected chi connectivity index (χ4v) is 1.92. The molecule has 116 valence electrons. The van der Waals surface area contributed by atoms with E-state index in [1.165, 1.54) is 21.9 Å². The Kier molecular flexibility index (Phi) is 5.18. The molecule has 1 rings (SSSR count). The summed E-state index contributed by atoms with van der Waals surface area (Å²) in [6.45, 7) is 5.68. The second kappa shape index (κ2) is 6.47. The molecule has 0 radical (unpaired) electrons. The number of hydrogen-bond acceptors (Lipinski definition) is 3. The molecular formula is C15H22N2O4. The summed E-state index contributed by atoms with van der Waals surface area (Å²) in [5.41, 5.74) is 0.0435. The SMILES string of the molecule is CN(C(=O)N(CCC(=O)O)C(C)(C)C)c1cccc(O)c1. The molecule has 0 unspecified atom stereocenters. The lowest BCUT2D eigenvalue weighted by Crippen LogP contribution is -2.51. The van der Waals surface area contributed by atoms with Gasteiger partial charge in [-0.25, -0.2) is 4.79 Å². The van der Waals surface area contributed by atoms with E-state index in [4.69, 9.17) is 5.11 Å². The summed E-state index contributed by atoms with van der Waals surface area (Å²) in [7, 11) is 1.59. The molecule has 6 nitrogen and oxygen atoms in total. The maximum Gasteiger partial charge on any atom is 0.324 e. The lowest BCUT2D eigenvalue weighted by Gasteiger charge is -2.38. The predicted octanol–water partition coefficient (Wildman–Crippen LogP) is 2.52. The van der Waals surface area contributed by atoms with Crippen molar-refractivity contribution in [3.05, 3.63) is 24.3 Å². The number of benzene rings is 1. The van der Waals surface area contributed by atoms with Gasteiger partial charge in [0.05, 0.1) is 6.42 Å². The number of nitrogens with zero attached hydrogens (tertiary/aromatic N) is 2. The zero-order chi connectivity index (χ0) is 16.2. The number of urea groups is 1. The number of carboxylic acid groups (broad SMARTS) is 1. The third kappa shape index (κ3) is 4.66. The molecule has 0 aliphatic rings. The van der Waals surface area contributed by atoms with Crippen LogP contribution in [-0.2, 0) is 4.79 Å². The molecule has 1 aromatic carbocycles. The monoisotopic (exact) mass is 294 g/mol. The fourth-order valence-electron chi connectivity index (χ4n) is 1.92. The number of anilines is 1. The number of hydrogen-bond donors (Lipinski definition) is 2. The highest BCUT2D eigenvalue weighted by molar-refractivity contribution is 5.92. The van der Waals surface area contributed by atoms with Gasteiger partial charge >= 0.3 is 12.0 Å². The zero-order valence-electron chi connectivity index (χ0n) is 12.8. The molecule has 0 aromatic heterocycles. The number of rotatable bonds is 4. The van der Waals surface area contributed by atoms with E-state index in [9.17, 15) is 14.7 Å². The van der Waals surface area contributed by atoms with Gasteiger partial charge in [-0.1, -0.05) is 6.07 Å². The molecule has 1 aromatic rings. The third-order valence-electron chi connectivity index (χ3n) is 3.09. The quantitative estimate of drug-likeness (QED) is 0.894. The van der Waals surface area contributed by atoms with Crippen molar-refractivity contribution in [3.63, 3.8) is 0 Å². The maximum atomic E-state index is 12.6. The van der Waals surface area contributed by atoms with Gasteiger partial charge in [0, 0.05) is 30.9 Å². The van der Waals surface area contributed by atoms with Gasteiger partial charge in [0.25, 0.3) is 0 Å². The van der Waals surface area contributed by atoms with Crippen molar-refractivity contribution in [2.24, 2.45) is 0 Å². The Morgan fingerprint density at radius 2 is 1.86 bits per heavy atom. The van der Waals surface area contributed by atoms with Gasteiger partial charge in [-0.3, -0.25) is 9.69 Å². The molecule has 0 saturated heterocycles. The van der Waals surface area contributed by atoms with Gasteiger partial charge in [-0.15, -0.1) is 0 Å². The average molecular weight is 294 g/mol. The summed E-state index contributed by atoms with van der Waals surface area (Å²) in [5, 5.41) is 18.3. The molecular weight excluding hydrogens is 272 g/mol. The number of carbonyl (C=O) groups is 2. The largest absolute Gasteiger partial charge is 0.508 e. The highest BCUT2D eigenvalue weighted by atomic mass is 16.4. The summed E-state index contributed by atoms with van der Waals surface area (Å²) >= 11 is 0. The normalized spacial score (nSPS) is 11.0. The van der Waals surface area contributed by atoms with Crippen molar-refractivity contribution in [2.45, 2.75) is 32.7 Å². The van der Waals surface area contributed by atoms with Crippen LogP contribution in [-0.4, -0.2) is 46.2 Å². The number of aromatic hydroxyl groups is 1. The second-order valence-electron chi connectivity index (χ2n) is 5.83. The minimum absolute atomic E-state index is 0.0694. The first-order valence-electron chi connectivity index (χ1n) is 6.69. The van der Waals surface area contributed by atoms with Crippen LogP contribution in [0.5, 0.6) is 5.75 Å². The highest BCUT2D eigenvalue weighted by Crippen LogP contribution is 2.23. The molecule has 2 amide bonds. The van der Waals surface area contributed by atoms with Crippen molar-refractivity contribution >= 4 is 17.7 Å². The lowest BCUT2D eigenvalue weighted by atomic mass is 10.1. The van der Waals surface area contributed by atoms with Gasteiger partial charge < -0.3 is 15.1 Å². The van der Waals surface area contributed by atoms with Gasteiger partial charge in [0.1, 0.15) is 5.75 Å². The number of carbonyl (C=O) groups excluding carboxylic acids is 1. The molecule has 0 heterocycles. The number of phenolic OH excluding ortho intramolecular Hbond substituents is 1. The van der Waals surface area contributed by atoms with Crippen LogP contribution < -0.4 is 4.90 Å². The molecule has 0 atom stereocenters. The van der Waals surface area contributed by atoms with Crippen LogP contribution in [0.4, 0.5) is 10.5 Å². The minimum Gasteiger partial charge on any atom is -0.508 e.